The Balaban J connectivity index is -0.000000656. The van der Waals surface area contributed by atoms with E-state index in [9.17, 15) is 9.59 Å². The van der Waals surface area contributed by atoms with Gasteiger partial charge in [0, 0.05) is 6.92 Å². The zero-order valence-electron chi connectivity index (χ0n) is 14.7. The van der Waals surface area contributed by atoms with Crippen molar-refractivity contribution in [3.05, 3.63) is 0 Å². The van der Waals surface area contributed by atoms with E-state index in [2.05, 4.69) is 26.5 Å². The molecule has 2 amide bonds. The van der Waals surface area contributed by atoms with Crippen molar-refractivity contribution in [3.8, 4) is 0 Å². The highest BCUT2D eigenvalue weighted by molar-refractivity contribution is 5.85. The summed E-state index contributed by atoms with van der Waals surface area (Å²) < 4.78 is 0.904. The highest BCUT2D eigenvalue weighted by atomic mass is 16.2. The molecular weight excluding hydrogens is 254 g/mol. The van der Waals surface area contributed by atoms with Crippen LogP contribution in [0.5, 0.6) is 0 Å². The summed E-state index contributed by atoms with van der Waals surface area (Å²) in [7, 11) is 6.37. The van der Waals surface area contributed by atoms with Gasteiger partial charge in [-0.2, -0.15) is 0 Å². The lowest BCUT2D eigenvalue weighted by Crippen LogP contribution is -2.43. The molecule has 0 spiro atoms. The van der Waals surface area contributed by atoms with Gasteiger partial charge in [-0.1, -0.05) is 27.7 Å². The van der Waals surface area contributed by atoms with Crippen LogP contribution in [-0.2, 0) is 9.59 Å². The lowest BCUT2D eigenvalue weighted by atomic mass is 10.1. The Bertz CT molecular complexity index is 248. The summed E-state index contributed by atoms with van der Waals surface area (Å²) in [6, 6.07) is -0.523. The standard InChI is InChI=1S/C11H23N3O2.2C2H6/c1-9(15)13-10(11(12)16)7-5-6-8-14(2,3)4;2*1-2/h10H,5-8H2,1-4H3,(H2-,12,13,15,16);2*1-2H3/p+1/t10-;;/m1../s1. The van der Waals surface area contributed by atoms with Crippen molar-refractivity contribution in [2.45, 2.75) is 59.9 Å². The van der Waals surface area contributed by atoms with Crippen LogP contribution in [0, 0.1) is 0 Å². The maximum absolute atomic E-state index is 11.0. The lowest BCUT2D eigenvalue weighted by molar-refractivity contribution is -0.870. The number of carbonyl (C=O) groups is 2. The van der Waals surface area contributed by atoms with Crippen LogP contribution in [0.3, 0.4) is 0 Å². The molecule has 0 unspecified atom stereocenters. The summed E-state index contributed by atoms with van der Waals surface area (Å²) in [6.45, 7) is 10.4. The number of rotatable bonds is 7. The largest absolute Gasteiger partial charge is 0.368 e. The third-order valence-corrected chi connectivity index (χ3v) is 2.29. The quantitative estimate of drug-likeness (QED) is 0.555. The van der Waals surface area contributed by atoms with Gasteiger partial charge >= 0.3 is 0 Å². The van der Waals surface area contributed by atoms with E-state index in [1.807, 2.05) is 27.7 Å². The second-order valence-corrected chi connectivity index (χ2v) is 5.17. The molecule has 20 heavy (non-hydrogen) atoms. The van der Waals surface area contributed by atoms with Crippen molar-refractivity contribution in [1.29, 1.82) is 0 Å². The zero-order chi connectivity index (χ0) is 16.8. The molecule has 0 aromatic carbocycles. The predicted octanol–water partition coefficient (Wildman–Crippen LogP) is 1.91. The Morgan fingerprint density at radius 3 is 1.80 bits per heavy atom. The average molecular weight is 290 g/mol. The van der Waals surface area contributed by atoms with E-state index in [0.29, 0.717) is 6.42 Å². The molecule has 3 N–H and O–H groups in total. The number of hydrogen-bond donors (Lipinski definition) is 2. The molecule has 5 heteroatoms. The summed E-state index contributed by atoms with van der Waals surface area (Å²) in [4.78, 5) is 21.9. The van der Waals surface area contributed by atoms with Crippen LogP contribution in [0.25, 0.3) is 0 Å². The van der Waals surface area contributed by atoms with Crippen molar-refractivity contribution >= 4 is 11.8 Å². The molecule has 0 bridgehead atoms. The van der Waals surface area contributed by atoms with Gasteiger partial charge in [0.05, 0.1) is 27.7 Å². The fourth-order valence-corrected chi connectivity index (χ4v) is 1.47. The normalized spacial score (nSPS) is 11.2. The summed E-state index contributed by atoms with van der Waals surface area (Å²) >= 11 is 0. The maximum Gasteiger partial charge on any atom is 0.239 e. The number of quaternary nitrogens is 1. The Hall–Kier alpha value is -1.10. The molecular formula is C15H36N3O2+. The third kappa shape index (κ3) is 19.2. The molecule has 122 valence electrons. The molecule has 0 aliphatic heterocycles. The van der Waals surface area contributed by atoms with Crippen molar-refractivity contribution in [2.24, 2.45) is 5.73 Å². The number of hydrogen-bond acceptors (Lipinski definition) is 2. The van der Waals surface area contributed by atoms with Crippen molar-refractivity contribution < 1.29 is 14.1 Å². The van der Waals surface area contributed by atoms with E-state index >= 15 is 0 Å². The van der Waals surface area contributed by atoms with Gasteiger partial charge < -0.3 is 15.5 Å². The van der Waals surface area contributed by atoms with Crippen LogP contribution in [0.4, 0.5) is 0 Å². The Kier molecular flexibility index (Phi) is 17.1. The monoisotopic (exact) mass is 290 g/mol. The van der Waals surface area contributed by atoms with Crippen molar-refractivity contribution in [2.75, 3.05) is 27.7 Å². The minimum absolute atomic E-state index is 0.213. The third-order valence-electron chi connectivity index (χ3n) is 2.29. The Labute approximate surface area is 125 Å². The minimum Gasteiger partial charge on any atom is -0.368 e. The first-order chi connectivity index (χ1) is 9.22. The van der Waals surface area contributed by atoms with Crippen LogP contribution in [0.15, 0.2) is 0 Å². The molecule has 0 aliphatic carbocycles. The maximum atomic E-state index is 11.0. The summed E-state index contributed by atoms with van der Waals surface area (Å²) in [5.74, 6) is -0.671. The number of amides is 2. The van der Waals surface area contributed by atoms with Gasteiger partial charge in [-0.3, -0.25) is 9.59 Å². The Morgan fingerprint density at radius 1 is 1.05 bits per heavy atom. The van der Waals surface area contributed by atoms with E-state index in [1.165, 1.54) is 6.92 Å². The van der Waals surface area contributed by atoms with Gasteiger partial charge in [0.2, 0.25) is 11.8 Å². The van der Waals surface area contributed by atoms with Gasteiger partial charge in [-0.05, 0) is 19.3 Å². The highest BCUT2D eigenvalue weighted by Crippen LogP contribution is 2.04. The van der Waals surface area contributed by atoms with Gasteiger partial charge in [0.15, 0.2) is 0 Å². The first kappa shape index (κ1) is 24.0. The topological polar surface area (TPSA) is 72.2 Å². The number of carbonyl (C=O) groups excluding carboxylic acids is 2. The number of nitrogens with one attached hydrogen (secondary N) is 1. The molecule has 0 radical (unpaired) electrons. The van der Waals surface area contributed by atoms with Crippen LogP contribution >= 0.6 is 0 Å². The van der Waals surface area contributed by atoms with Crippen LogP contribution in [-0.4, -0.2) is 50.0 Å². The Morgan fingerprint density at radius 2 is 1.50 bits per heavy atom. The van der Waals surface area contributed by atoms with E-state index in [-0.39, 0.29) is 5.91 Å². The van der Waals surface area contributed by atoms with Crippen LogP contribution < -0.4 is 11.1 Å². The first-order valence-electron chi connectivity index (χ1n) is 7.59. The van der Waals surface area contributed by atoms with E-state index in [1.54, 1.807) is 0 Å². The summed E-state index contributed by atoms with van der Waals surface area (Å²) in [5.41, 5.74) is 5.20. The number of unbranched alkanes of at least 4 members (excludes halogenated alkanes) is 1. The zero-order valence-corrected chi connectivity index (χ0v) is 14.7. The molecule has 0 aliphatic rings. The van der Waals surface area contributed by atoms with Crippen LogP contribution in [0.2, 0.25) is 0 Å². The van der Waals surface area contributed by atoms with Crippen molar-refractivity contribution in [3.63, 3.8) is 0 Å². The van der Waals surface area contributed by atoms with Crippen molar-refractivity contribution in [1.82, 2.24) is 5.32 Å². The predicted molar refractivity (Wildman–Crippen MR) is 86.2 cm³/mol. The molecule has 0 aromatic rings. The second kappa shape index (κ2) is 14.3. The molecule has 0 rings (SSSR count). The van der Waals surface area contributed by atoms with Gasteiger partial charge in [-0.15, -0.1) is 0 Å². The number of nitrogens with zero attached hydrogens (tertiary/aromatic N) is 1. The van der Waals surface area contributed by atoms with Gasteiger partial charge in [0.25, 0.3) is 0 Å². The molecule has 5 nitrogen and oxygen atoms in total. The first-order valence-corrected chi connectivity index (χ1v) is 7.59. The lowest BCUT2D eigenvalue weighted by Gasteiger charge is -2.24. The van der Waals surface area contributed by atoms with Gasteiger partial charge in [-0.25, -0.2) is 0 Å². The van der Waals surface area contributed by atoms with E-state index < -0.39 is 11.9 Å². The summed E-state index contributed by atoms with van der Waals surface area (Å²) in [6.07, 6.45) is 2.53. The number of primary amides is 1. The molecule has 0 fully saturated rings. The fourth-order valence-electron chi connectivity index (χ4n) is 1.47. The smallest absolute Gasteiger partial charge is 0.239 e. The highest BCUT2D eigenvalue weighted by Gasteiger charge is 2.16. The van der Waals surface area contributed by atoms with Gasteiger partial charge in [0.1, 0.15) is 6.04 Å². The van der Waals surface area contributed by atoms with E-state index in [4.69, 9.17) is 5.73 Å². The SMILES string of the molecule is CC.CC.CC(=O)N[C@H](CCCC[N+](C)(C)C)C(N)=O. The minimum atomic E-state index is -0.523. The van der Waals surface area contributed by atoms with E-state index in [0.717, 1.165) is 23.9 Å². The molecule has 0 aromatic heterocycles. The molecule has 0 saturated heterocycles. The second-order valence-electron chi connectivity index (χ2n) is 5.17. The fraction of sp³-hybridized carbons (Fsp3) is 0.867. The molecule has 0 saturated carbocycles. The molecule has 0 heterocycles. The summed E-state index contributed by atoms with van der Waals surface area (Å²) in [5, 5.41) is 2.56. The molecule has 1 atom stereocenters. The number of nitrogens with two attached hydrogens (primary N) is 1. The average Bonchev–Trinajstić information content (AvgIpc) is 2.36. The van der Waals surface area contributed by atoms with Crippen LogP contribution in [0.1, 0.15) is 53.9 Å².